The summed E-state index contributed by atoms with van der Waals surface area (Å²) in [5.41, 5.74) is 5.32. The molecular formula is C26H25ClF3N3O3. The highest BCUT2D eigenvalue weighted by atomic mass is 35.5. The standard InChI is InChI=1S/C24H24ClN3O.C2HF3O2/c1-17-4-2-3-5-22(17)18-12-14-28(15-13-18)21-9-7-20(8-10-21)27-24(29)19-6-11-23(25)26-16-19;3-2(4,5)1(6)7/h2-11,16,18H,12-15H2,1H3,(H,27,29);(H,6,7). The van der Waals surface area contributed by atoms with Gasteiger partial charge in [-0.25, -0.2) is 9.78 Å². The number of hydrogen-bond acceptors (Lipinski definition) is 4. The fraction of sp³-hybridized carbons (Fsp3) is 0.269. The van der Waals surface area contributed by atoms with Gasteiger partial charge in [-0.1, -0.05) is 35.9 Å². The molecule has 2 N–H and O–H groups in total. The largest absolute Gasteiger partial charge is 0.490 e. The maximum absolute atomic E-state index is 12.3. The van der Waals surface area contributed by atoms with Gasteiger partial charge in [-0.05, 0) is 73.2 Å². The monoisotopic (exact) mass is 519 g/mol. The minimum atomic E-state index is -5.08. The lowest BCUT2D eigenvalue weighted by atomic mass is 9.87. The summed E-state index contributed by atoms with van der Waals surface area (Å²) in [4.78, 5) is 27.6. The molecule has 10 heteroatoms. The zero-order valence-electron chi connectivity index (χ0n) is 19.4. The molecule has 1 aromatic heterocycles. The third-order valence-electron chi connectivity index (χ3n) is 5.85. The molecule has 0 aliphatic carbocycles. The third-order valence-corrected chi connectivity index (χ3v) is 6.07. The highest BCUT2D eigenvalue weighted by molar-refractivity contribution is 6.29. The zero-order chi connectivity index (χ0) is 26.3. The van der Waals surface area contributed by atoms with Gasteiger partial charge in [-0.3, -0.25) is 4.79 Å². The van der Waals surface area contributed by atoms with E-state index in [0.717, 1.165) is 31.6 Å². The predicted octanol–water partition coefficient (Wildman–Crippen LogP) is 6.31. The van der Waals surface area contributed by atoms with E-state index in [1.54, 1.807) is 12.1 Å². The van der Waals surface area contributed by atoms with Crippen molar-refractivity contribution in [2.24, 2.45) is 0 Å². The number of halogens is 4. The summed E-state index contributed by atoms with van der Waals surface area (Å²) in [5, 5.41) is 10.4. The third kappa shape index (κ3) is 7.45. The van der Waals surface area contributed by atoms with E-state index >= 15 is 0 Å². The highest BCUT2D eigenvalue weighted by Gasteiger charge is 2.38. The van der Waals surface area contributed by atoms with Gasteiger partial charge in [-0.15, -0.1) is 0 Å². The van der Waals surface area contributed by atoms with Crippen molar-refractivity contribution in [2.75, 3.05) is 23.3 Å². The molecule has 3 aromatic rings. The van der Waals surface area contributed by atoms with Gasteiger partial charge in [0.25, 0.3) is 5.91 Å². The minimum Gasteiger partial charge on any atom is -0.475 e. The van der Waals surface area contributed by atoms with Crippen molar-refractivity contribution in [3.8, 4) is 0 Å². The molecule has 190 valence electrons. The number of carboxylic acid groups (broad SMARTS) is 1. The summed E-state index contributed by atoms with van der Waals surface area (Å²) in [7, 11) is 0. The molecule has 36 heavy (non-hydrogen) atoms. The first-order chi connectivity index (χ1) is 17.0. The molecule has 0 radical (unpaired) electrons. The number of carboxylic acids is 1. The van der Waals surface area contributed by atoms with Crippen molar-refractivity contribution < 1.29 is 27.9 Å². The molecule has 1 saturated heterocycles. The maximum atomic E-state index is 12.3. The summed E-state index contributed by atoms with van der Waals surface area (Å²) >= 11 is 5.77. The Hall–Kier alpha value is -3.59. The van der Waals surface area contributed by atoms with Crippen LogP contribution < -0.4 is 10.2 Å². The van der Waals surface area contributed by atoms with Crippen LogP contribution in [0.5, 0.6) is 0 Å². The molecule has 0 unspecified atom stereocenters. The summed E-state index contributed by atoms with van der Waals surface area (Å²) < 4.78 is 31.7. The molecule has 1 aliphatic heterocycles. The van der Waals surface area contributed by atoms with Gasteiger partial charge in [0, 0.05) is 30.7 Å². The van der Waals surface area contributed by atoms with Gasteiger partial charge >= 0.3 is 12.1 Å². The number of hydrogen-bond donors (Lipinski definition) is 2. The number of aliphatic carboxylic acids is 1. The fourth-order valence-electron chi connectivity index (χ4n) is 3.96. The first-order valence-corrected chi connectivity index (χ1v) is 11.6. The number of pyridine rings is 1. The van der Waals surface area contributed by atoms with Crippen LogP contribution in [0.1, 0.15) is 40.2 Å². The fourth-order valence-corrected chi connectivity index (χ4v) is 4.07. The van der Waals surface area contributed by atoms with E-state index < -0.39 is 12.1 Å². The van der Waals surface area contributed by atoms with Crippen LogP contribution in [-0.4, -0.2) is 41.2 Å². The Bertz CT molecular complexity index is 1180. The molecule has 2 aromatic carbocycles. The molecule has 4 rings (SSSR count). The Morgan fingerprint density at radius 2 is 1.64 bits per heavy atom. The van der Waals surface area contributed by atoms with Crippen LogP contribution in [0.2, 0.25) is 5.15 Å². The van der Waals surface area contributed by atoms with Crippen LogP contribution in [0, 0.1) is 6.92 Å². The minimum absolute atomic E-state index is 0.194. The van der Waals surface area contributed by atoms with E-state index in [9.17, 15) is 18.0 Å². The van der Waals surface area contributed by atoms with Crippen molar-refractivity contribution in [3.05, 3.63) is 88.7 Å². The molecule has 1 fully saturated rings. The van der Waals surface area contributed by atoms with Gasteiger partial charge in [-0.2, -0.15) is 13.2 Å². The number of aromatic nitrogens is 1. The summed E-state index contributed by atoms with van der Waals surface area (Å²) in [6, 6.07) is 20.0. The normalized spacial score (nSPS) is 14.0. The van der Waals surface area contributed by atoms with Crippen molar-refractivity contribution >= 4 is 34.9 Å². The second-order valence-electron chi connectivity index (χ2n) is 8.29. The van der Waals surface area contributed by atoms with E-state index in [4.69, 9.17) is 21.5 Å². The second-order valence-corrected chi connectivity index (χ2v) is 8.68. The number of carbonyl (C=O) groups is 2. The van der Waals surface area contributed by atoms with E-state index in [1.807, 2.05) is 12.1 Å². The van der Waals surface area contributed by atoms with Gasteiger partial charge < -0.3 is 15.3 Å². The van der Waals surface area contributed by atoms with E-state index in [1.165, 1.54) is 23.0 Å². The van der Waals surface area contributed by atoms with Crippen LogP contribution in [0.4, 0.5) is 24.5 Å². The molecular weight excluding hydrogens is 495 g/mol. The Labute approximate surface area is 211 Å². The van der Waals surface area contributed by atoms with E-state index in [2.05, 4.69) is 58.5 Å². The number of nitrogens with zero attached hydrogens (tertiary/aromatic N) is 2. The Morgan fingerprint density at radius 3 is 2.17 bits per heavy atom. The van der Waals surface area contributed by atoms with Gasteiger partial charge in [0.05, 0.1) is 5.56 Å². The number of alkyl halides is 3. The second kappa shape index (κ2) is 11.9. The Balaban J connectivity index is 0.000000454. The maximum Gasteiger partial charge on any atom is 0.490 e. The first-order valence-electron chi connectivity index (χ1n) is 11.2. The molecule has 0 bridgehead atoms. The van der Waals surface area contributed by atoms with E-state index in [0.29, 0.717) is 16.6 Å². The molecule has 2 heterocycles. The number of nitrogens with one attached hydrogen (secondary N) is 1. The van der Waals surface area contributed by atoms with Crippen molar-refractivity contribution in [1.82, 2.24) is 4.98 Å². The molecule has 0 atom stereocenters. The van der Waals surface area contributed by atoms with E-state index in [-0.39, 0.29) is 5.91 Å². The van der Waals surface area contributed by atoms with Crippen molar-refractivity contribution in [3.63, 3.8) is 0 Å². The van der Waals surface area contributed by atoms with Crippen LogP contribution in [0.15, 0.2) is 66.9 Å². The lowest BCUT2D eigenvalue weighted by Gasteiger charge is -2.34. The molecule has 1 aliphatic rings. The predicted molar refractivity (Wildman–Crippen MR) is 133 cm³/mol. The number of rotatable bonds is 4. The number of piperidine rings is 1. The quantitative estimate of drug-likeness (QED) is 0.394. The zero-order valence-corrected chi connectivity index (χ0v) is 20.2. The average molecular weight is 520 g/mol. The van der Waals surface area contributed by atoms with Crippen LogP contribution in [-0.2, 0) is 4.79 Å². The van der Waals surface area contributed by atoms with Gasteiger partial charge in [0.15, 0.2) is 0 Å². The van der Waals surface area contributed by atoms with Crippen LogP contribution >= 0.6 is 11.6 Å². The molecule has 0 saturated carbocycles. The number of amides is 1. The highest BCUT2D eigenvalue weighted by Crippen LogP contribution is 2.32. The van der Waals surface area contributed by atoms with Gasteiger partial charge in [0.2, 0.25) is 0 Å². The average Bonchev–Trinajstić information content (AvgIpc) is 2.85. The smallest absolute Gasteiger partial charge is 0.475 e. The summed E-state index contributed by atoms with van der Waals surface area (Å²) in [6.07, 6.45) is -1.29. The molecule has 0 spiro atoms. The Morgan fingerprint density at radius 1 is 1.03 bits per heavy atom. The first kappa shape index (κ1) is 27.0. The van der Waals surface area contributed by atoms with Crippen molar-refractivity contribution in [2.45, 2.75) is 31.9 Å². The Kier molecular flexibility index (Phi) is 8.93. The number of anilines is 2. The summed E-state index contributed by atoms with van der Waals surface area (Å²) in [5.74, 6) is -2.31. The summed E-state index contributed by atoms with van der Waals surface area (Å²) in [6.45, 7) is 4.29. The van der Waals surface area contributed by atoms with Gasteiger partial charge in [0.1, 0.15) is 5.15 Å². The SMILES string of the molecule is Cc1ccccc1C1CCN(c2ccc(NC(=O)c3ccc(Cl)nc3)cc2)CC1.O=C(O)C(F)(F)F. The van der Waals surface area contributed by atoms with Crippen molar-refractivity contribution in [1.29, 1.82) is 0 Å². The van der Waals surface area contributed by atoms with Crippen LogP contribution in [0.3, 0.4) is 0 Å². The number of carbonyl (C=O) groups excluding carboxylic acids is 1. The topological polar surface area (TPSA) is 82.5 Å². The van der Waals surface area contributed by atoms with Crippen LogP contribution in [0.25, 0.3) is 0 Å². The molecule has 6 nitrogen and oxygen atoms in total. The number of aryl methyl sites for hydroxylation is 1. The lowest BCUT2D eigenvalue weighted by molar-refractivity contribution is -0.192. The number of benzene rings is 2. The lowest BCUT2D eigenvalue weighted by Crippen LogP contribution is -2.33. The molecule has 1 amide bonds.